The summed E-state index contributed by atoms with van der Waals surface area (Å²) in [5, 5.41) is 0. The van der Waals surface area contributed by atoms with E-state index in [1.54, 1.807) is 24.3 Å². The SMILES string of the molecule is COC(=O)c1ncn(-c2ccc(C(N)=O)cc2)c1N. The van der Waals surface area contributed by atoms with Crippen molar-refractivity contribution in [2.45, 2.75) is 0 Å². The molecule has 2 aromatic rings. The molecule has 1 aromatic carbocycles. The molecule has 1 amide bonds. The number of nitrogens with two attached hydrogens (primary N) is 2. The fraction of sp³-hybridized carbons (Fsp3) is 0.0833. The second-order valence-electron chi connectivity index (χ2n) is 3.75. The van der Waals surface area contributed by atoms with E-state index < -0.39 is 11.9 Å². The number of anilines is 1. The van der Waals surface area contributed by atoms with E-state index in [2.05, 4.69) is 9.72 Å². The molecule has 1 aromatic heterocycles. The van der Waals surface area contributed by atoms with E-state index in [-0.39, 0.29) is 11.5 Å². The first-order chi connectivity index (χ1) is 9.04. The van der Waals surface area contributed by atoms with Crippen LogP contribution < -0.4 is 11.5 Å². The van der Waals surface area contributed by atoms with Crippen LogP contribution in [0.15, 0.2) is 30.6 Å². The number of imidazole rings is 1. The molecule has 0 aliphatic carbocycles. The van der Waals surface area contributed by atoms with Gasteiger partial charge in [0.2, 0.25) is 5.91 Å². The number of amides is 1. The number of esters is 1. The van der Waals surface area contributed by atoms with Gasteiger partial charge in [0.1, 0.15) is 12.1 Å². The van der Waals surface area contributed by atoms with Crippen LogP contribution in [-0.4, -0.2) is 28.5 Å². The minimum atomic E-state index is -0.606. The molecular formula is C12H12N4O3. The number of carbonyl (C=O) groups is 2. The van der Waals surface area contributed by atoms with Gasteiger partial charge in [-0.1, -0.05) is 0 Å². The smallest absolute Gasteiger partial charge is 0.360 e. The van der Waals surface area contributed by atoms with Gasteiger partial charge >= 0.3 is 5.97 Å². The summed E-state index contributed by atoms with van der Waals surface area (Å²) in [5.74, 6) is -0.955. The van der Waals surface area contributed by atoms with Crippen LogP contribution in [0.2, 0.25) is 0 Å². The molecule has 19 heavy (non-hydrogen) atoms. The van der Waals surface area contributed by atoms with E-state index in [0.717, 1.165) is 0 Å². The van der Waals surface area contributed by atoms with Gasteiger partial charge in [-0.2, -0.15) is 0 Å². The highest BCUT2D eigenvalue weighted by Gasteiger charge is 2.16. The predicted molar refractivity (Wildman–Crippen MR) is 67.8 cm³/mol. The van der Waals surface area contributed by atoms with Gasteiger partial charge in [0.15, 0.2) is 5.69 Å². The van der Waals surface area contributed by atoms with Crippen LogP contribution in [0, 0.1) is 0 Å². The summed E-state index contributed by atoms with van der Waals surface area (Å²) in [6, 6.07) is 6.43. The Labute approximate surface area is 108 Å². The summed E-state index contributed by atoms with van der Waals surface area (Å²) in [6.45, 7) is 0. The summed E-state index contributed by atoms with van der Waals surface area (Å²) in [4.78, 5) is 26.2. The Kier molecular flexibility index (Phi) is 3.19. The monoisotopic (exact) mass is 260 g/mol. The number of carbonyl (C=O) groups excluding carboxylic acids is 2. The fourth-order valence-electron chi connectivity index (χ4n) is 1.60. The molecule has 0 fully saturated rings. The summed E-state index contributed by atoms with van der Waals surface area (Å²) in [5.41, 5.74) is 12.1. The average molecular weight is 260 g/mol. The van der Waals surface area contributed by atoms with E-state index in [1.807, 2.05) is 0 Å². The number of benzene rings is 1. The summed E-state index contributed by atoms with van der Waals surface area (Å²) in [7, 11) is 1.25. The van der Waals surface area contributed by atoms with Crippen LogP contribution in [0.3, 0.4) is 0 Å². The van der Waals surface area contributed by atoms with Crippen molar-refractivity contribution in [1.82, 2.24) is 9.55 Å². The number of nitrogens with zero attached hydrogens (tertiary/aromatic N) is 2. The lowest BCUT2D eigenvalue weighted by Gasteiger charge is -2.05. The zero-order chi connectivity index (χ0) is 14.0. The minimum absolute atomic E-state index is 0.0430. The van der Waals surface area contributed by atoms with Crippen LogP contribution in [0.4, 0.5) is 5.82 Å². The van der Waals surface area contributed by atoms with Gasteiger partial charge in [0.25, 0.3) is 0 Å². The van der Waals surface area contributed by atoms with Crippen molar-refractivity contribution in [1.29, 1.82) is 0 Å². The third-order valence-electron chi connectivity index (χ3n) is 2.61. The number of rotatable bonds is 3. The number of hydrogen-bond acceptors (Lipinski definition) is 5. The van der Waals surface area contributed by atoms with Crippen LogP contribution in [0.1, 0.15) is 20.8 Å². The van der Waals surface area contributed by atoms with Crippen molar-refractivity contribution in [3.63, 3.8) is 0 Å². The molecule has 0 atom stereocenters. The van der Waals surface area contributed by atoms with Crippen LogP contribution >= 0.6 is 0 Å². The Bertz CT molecular complexity index is 631. The molecule has 7 nitrogen and oxygen atoms in total. The Morgan fingerprint density at radius 2 is 1.89 bits per heavy atom. The fourth-order valence-corrected chi connectivity index (χ4v) is 1.60. The molecule has 0 bridgehead atoms. The molecule has 7 heteroatoms. The van der Waals surface area contributed by atoms with Crippen molar-refractivity contribution in [2.24, 2.45) is 5.73 Å². The van der Waals surface area contributed by atoms with Gasteiger partial charge in [0, 0.05) is 11.3 Å². The maximum absolute atomic E-state index is 11.4. The summed E-state index contributed by atoms with van der Waals surface area (Å²) >= 11 is 0. The first kappa shape index (κ1) is 12.6. The number of hydrogen-bond donors (Lipinski definition) is 2. The van der Waals surface area contributed by atoms with Crippen LogP contribution in [-0.2, 0) is 4.74 Å². The minimum Gasteiger partial charge on any atom is -0.464 e. The number of nitrogen functional groups attached to an aromatic ring is 1. The maximum atomic E-state index is 11.4. The lowest BCUT2D eigenvalue weighted by molar-refractivity contribution is 0.0596. The number of ether oxygens (including phenoxy) is 1. The molecule has 0 saturated heterocycles. The van der Waals surface area contributed by atoms with E-state index in [9.17, 15) is 9.59 Å². The Balaban J connectivity index is 2.40. The normalized spacial score (nSPS) is 10.2. The molecule has 0 aliphatic heterocycles. The molecule has 0 radical (unpaired) electrons. The first-order valence-corrected chi connectivity index (χ1v) is 5.36. The number of methoxy groups -OCH3 is 1. The first-order valence-electron chi connectivity index (χ1n) is 5.36. The van der Waals surface area contributed by atoms with Gasteiger partial charge < -0.3 is 16.2 Å². The molecule has 0 aliphatic rings. The molecule has 2 rings (SSSR count). The molecule has 98 valence electrons. The van der Waals surface area contributed by atoms with Crippen molar-refractivity contribution < 1.29 is 14.3 Å². The van der Waals surface area contributed by atoms with E-state index in [1.165, 1.54) is 18.0 Å². The summed E-state index contributed by atoms with van der Waals surface area (Å²) in [6.07, 6.45) is 1.40. The van der Waals surface area contributed by atoms with E-state index in [4.69, 9.17) is 11.5 Å². The van der Waals surface area contributed by atoms with Crippen molar-refractivity contribution in [2.75, 3.05) is 12.8 Å². The molecular weight excluding hydrogens is 248 g/mol. The number of aromatic nitrogens is 2. The third-order valence-corrected chi connectivity index (χ3v) is 2.61. The van der Waals surface area contributed by atoms with E-state index >= 15 is 0 Å². The topological polar surface area (TPSA) is 113 Å². The largest absolute Gasteiger partial charge is 0.464 e. The second-order valence-corrected chi connectivity index (χ2v) is 3.75. The van der Waals surface area contributed by atoms with Gasteiger partial charge in [-0.25, -0.2) is 9.78 Å². The molecule has 0 saturated carbocycles. The van der Waals surface area contributed by atoms with Crippen LogP contribution in [0.5, 0.6) is 0 Å². The standard InChI is InChI=1S/C12H12N4O3/c1-19-12(18)9-10(13)16(6-15-9)8-4-2-7(3-5-8)11(14)17/h2-6H,13H2,1H3,(H2,14,17). The zero-order valence-corrected chi connectivity index (χ0v) is 10.2. The lowest BCUT2D eigenvalue weighted by Crippen LogP contribution is -2.11. The van der Waals surface area contributed by atoms with Gasteiger partial charge in [-0.05, 0) is 24.3 Å². The van der Waals surface area contributed by atoms with Crippen LogP contribution in [0.25, 0.3) is 5.69 Å². The highest BCUT2D eigenvalue weighted by Crippen LogP contribution is 2.18. The Morgan fingerprint density at radius 3 is 2.42 bits per heavy atom. The third kappa shape index (κ3) is 2.25. The maximum Gasteiger partial charge on any atom is 0.360 e. The molecule has 1 heterocycles. The van der Waals surface area contributed by atoms with Crippen molar-refractivity contribution in [3.05, 3.63) is 41.9 Å². The van der Waals surface area contributed by atoms with E-state index in [0.29, 0.717) is 11.3 Å². The lowest BCUT2D eigenvalue weighted by atomic mass is 10.2. The quantitative estimate of drug-likeness (QED) is 0.772. The Hall–Kier alpha value is -2.83. The van der Waals surface area contributed by atoms with Crippen molar-refractivity contribution >= 4 is 17.7 Å². The summed E-state index contributed by atoms with van der Waals surface area (Å²) < 4.78 is 6.07. The second kappa shape index (κ2) is 4.81. The van der Waals surface area contributed by atoms with Crippen molar-refractivity contribution in [3.8, 4) is 5.69 Å². The molecule has 0 unspecified atom stereocenters. The number of primary amides is 1. The molecule has 4 N–H and O–H groups in total. The predicted octanol–water partition coefficient (Wildman–Crippen LogP) is 0.340. The van der Waals surface area contributed by atoms with Gasteiger partial charge in [0.05, 0.1) is 7.11 Å². The average Bonchev–Trinajstić information content (AvgIpc) is 2.80. The zero-order valence-electron chi connectivity index (χ0n) is 10.2. The molecule has 0 spiro atoms. The highest BCUT2D eigenvalue weighted by molar-refractivity contribution is 5.93. The highest BCUT2D eigenvalue weighted by atomic mass is 16.5. The Morgan fingerprint density at radius 1 is 1.26 bits per heavy atom. The van der Waals surface area contributed by atoms with Gasteiger partial charge in [-0.3, -0.25) is 9.36 Å². The van der Waals surface area contributed by atoms with Gasteiger partial charge in [-0.15, -0.1) is 0 Å².